The predicted molar refractivity (Wildman–Crippen MR) is 122 cm³/mol. The van der Waals surface area contributed by atoms with E-state index in [0.29, 0.717) is 5.92 Å². The standard InChI is InChI=1S/C23H29ClN6/c1-16-19(13-29(4)27-16)15-30-10-6-8-18(14-30)22-21(12-25-23(26-22)28(2)3)17-7-5-9-20(24)11-17/h5,7,9,11-13,18H,6,8,10,14-15H2,1-4H3/t18-/m0/s1. The number of likely N-dealkylation sites (tertiary alicyclic amines) is 1. The minimum Gasteiger partial charge on any atom is -0.347 e. The highest BCUT2D eigenvalue weighted by molar-refractivity contribution is 6.30. The van der Waals surface area contributed by atoms with Crippen LogP contribution >= 0.6 is 11.6 Å². The second-order valence-corrected chi connectivity index (χ2v) is 8.80. The van der Waals surface area contributed by atoms with Gasteiger partial charge in [0.1, 0.15) is 0 Å². The molecule has 1 atom stereocenters. The number of benzene rings is 1. The molecule has 3 heterocycles. The summed E-state index contributed by atoms with van der Waals surface area (Å²) < 4.78 is 1.90. The number of rotatable bonds is 5. The van der Waals surface area contributed by atoms with Crippen LogP contribution in [0.2, 0.25) is 5.02 Å². The summed E-state index contributed by atoms with van der Waals surface area (Å²) in [5, 5.41) is 5.23. The molecular formula is C23H29ClN6. The largest absolute Gasteiger partial charge is 0.347 e. The Bertz CT molecular complexity index is 1030. The first-order chi connectivity index (χ1) is 14.4. The number of nitrogens with zero attached hydrogens (tertiary/aromatic N) is 6. The fraction of sp³-hybridized carbons (Fsp3) is 0.435. The summed E-state index contributed by atoms with van der Waals surface area (Å²) in [5.41, 5.74) is 5.67. The number of halogens is 1. The molecule has 0 radical (unpaired) electrons. The highest BCUT2D eigenvalue weighted by Gasteiger charge is 2.26. The average Bonchev–Trinajstić information content (AvgIpc) is 3.04. The van der Waals surface area contributed by atoms with Crippen molar-refractivity contribution in [2.75, 3.05) is 32.1 Å². The normalized spacial score (nSPS) is 17.3. The number of aryl methyl sites for hydroxylation is 2. The number of hydrogen-bond acceptors (Lipinski definition) is 5. The van der Waals surface area contributed by atoms with Crippen LogP contribution in [0.5, 0.6) is 0 Å². The minimum absolute atomic E-state index is 0.353. The maximum absolute atomic E-state index is 6.28. The highest BCUT2D eigenvalue weighted by Crippen LogP contribution is 2.35. The molecule has 0 spiro atoms. The summed E-state index contributed by atoms with van der Waals surface area (Å²) in [5.74, 6) is 1.10. The van der Waals surface area contributed by atoms with E-state index in [0.717, 1.165) is 66.0 Å². The van der Waals surface area contributed by atoms with Crippen LogP contribution in [0.15, 0.2) is 36.7 Å². The third-order valence-electron chi connectivity index (χ3n) is 5.74. The Morgan fingerprint density at radius 2 is 2.10 bits per heavy atom. The van der Waals surface area contributed by atoms with E-state index in [1.54, 1.807) is 0 Å². The van der Waals surface area contributed by atoms with Gasteiger partial charge in [-0.2, -0.15) is 5.10 Å². The molecule has 0 aliphatic carbocycles. The number of hydrogen-bond donors (Lipinski definition) is 0. The molecule has 1 aliphatic rings. The molecule has 3 aromatic rings. The van der Waals surface area contributed by atoms with E-state index >= 15 is 0 Å². The molecule has 0 N–H and O–H groups in total. The summed E-state index contributed by atoms with van der Waals surface area (Å²) in [6.07, 6.45) is 6.36. The van der Waals surface area contributed by atoms with E-state index in [2.05, 4.69) is 34.2 Å². The Balaban J connectivity index is 1.65. The molecule has 6 nitrogen and oxygen atoms in total. The number of aromatic nitrogens is 4. The Labute approximate surface area is 183 Å². The molecule has 0 unspecified atom stereocenters. The second kappa shape index (κ2) is 8.74. The Hall–Kier alpha value is -2.44. The summed E-state index contributed by atoms with van der Waals surface area (Å²) >= 11 is 6.28. The van der Waals surface area contributed by atoms with E-state index in [1.807, 2.05) is 55.1 Å². The van der Waals surface area contributed by atoms with Gasteiger partial charge in [0.2, 0.25) is 5.95 Å². The van der Waals surface area contributed by atoms with Gasteiger partial charge in [0.15, 0.2) is 0 Å². The molecule has 2 aromatic heterocycles. The van der Waals surface area contributed by atoms with E-state index in [9.17, 15) is 0 Å². The van der Waals surface area contributed by atoms with Crippen LogP contribution in [-0.2, 0) is 13.6 Å². The maximum Gasteiger partial charge on any atom is 0.225 e. The highest BCUT2D eigenvalue weighted by atomic mass is 35.5. The van der Waals surface area contributed by atoms with Crippen molar-refractivity contribution >= 4 is 17.5 Å². The molecule has 0 bridgehead atoms. The van der Waals surface area contributed by atoms with Crippen molar-refractivity contribution in [3.63, 3.8) is 0 Å². The van der Waals surface area contributed by atoms with Crippen LogP contribution in [0.3, 0.4) is 0 Å². The van der Waals surface area contributed by atoms with Crippen LogP contribution < -0.4 is 4.90 Å². The molecule has 0 amide bonds. The lowest BCUT2D eigenvalue weighted by Gasteiger charge is -2.33. The quantitative estimate of drug-likeness (QED) is 0.611. The van der Waals surface area contributed by atoms with Crippen molar-refractivity contribution < 1.29 is 0 Å². The van der Waals surface area contributed by atoms with Gasteiger partial charge in [-0.25, -0.2) is 9.97 Å². The van der Waals surface area contributed by atoms with Crippen molar-refractivity contribution in [3.8, 4) is 11.1 Å². The van der Waals surface area contributed by atoms with E-state index < -0.39 is 0 Å². The van der Waals surface area contributed by atoms with Gasteiger partial charge in [-0.3, -0.25) is 9.58 Å². The summed E-state index contributed by atoms with van der Waals surface area (Å²) in [6, 6.07) is 7.97. The zero-order valence-electron chi connectivity index (χ0n) is 18.1. The van der Waals surface area contributed by atoms with Crippen molar-refractivity contribution in [1.29, 1.82) is 0 Å². The topological polar surface area (TPSA) is 50.1 Å². The third-order valence-corrected chi connectivity index (χ3v) is 5.98. The summed E-state index contributed by atoms with van der Waals surface area (Å²) in [6.45, 7) is 5.09. The van der Waals surface area contributed by atoms with Crippen LogP contribution in [0, 0.1) is 6.92 Å². The molecule has 1 aliphatic heterocycles. The molecule has 7 heteroatoms. The van der Waals surface area contributed by atoms with Gasteiger partial charge in [0, 0.05) is 68.7 Å². The van der Waals surface area contributed by atoms with Crippen molar-refractivity contribution in [2.45, 2.75) is 32.2 Å². The van der Waals surface area contributed by atoms with Crippen LogP contribution in [0.1, 0.15) is 35.7 Å². The lowest BCUT2D eigenvalue weighted by molar-refractivity contribution is 0.198. The molecule has 0 saturated carbocycles. The van der Waals surface area contributed by atoms with Gasteiger partial charge in [-0.05, 0) is 44.0 Å². The first kappa shape index (κ1) is 20.8. The molecular weight excluding hydrogens is 396 g/mol. The van der Waals surface area contributed by atoms with Crippen LogP contribution in [0.25, 0.3) is 11.1 Å². The van der Waals surface area contributed by atoms with Gasteiger partial charge in [-0.15, -0.1) is 0 Å². The Kier molecular flexibility index (Phi) is 6.06. The van der Waals surface area contributed by atoms with E-state index in [1.165, 1.54) is 5.56 Å². The maximum atomic E-state index is 6.28. The Morgan fingerprint density at radius 1 is 1.27 bits per heavy atom. The fourth-order valence-electron chi connectivity index (χ4n) is 4.26. The third kappa shape index (κ3) is 4.50. The van der Waals surface area contributed by atoms with Crippen LogP contribution in [-0.4, -0.2) is 51.8 Å². The fourth-order valence-corrected chi connectivity index (χ4v) is 4.45. The van der Waals surface area contributed by atoms with Gasteiger partial charge < -0.3 is 4.90 Å². The van der Waals surface area contributed by atoms with Crippen molar-refractivity contribution in [3.05, 3.63) is 58.6 Å². The smallest absolute Gasteiger partial charge is 0.225 e. The van der Waals surface area contributed by atoms with Gasteiger partial charge >= 0.3 is 0 Å². The van der Waals surface area contributed by atoms with Gasteiger partial charge in [-0.1, -0.05) is 23.7 Å². The first-order valence-corrected chi connectivity index (χ1v) is 10.8. The zero-order valence-corrected chi connectivity index (χ0v) is 18.9. The number of anilines is 1. The van der Waals surface area contributed by atoms with Crippen molar-refractivity contribution in [1.82, 2.24) is 24.6 Å². The van der Waals surface area contributed by atoms with E-state index in [-0.39, 0.29) is 0 Å². The Morgan fingerprint density at radius 3 is 2.80 bits per heavy atom. The molecule has 1 saturated heterocycles. The molecule has 1 aromatic carbocycles. The molecule has 1 fully saturated rings. The average molecular weight is 425 g/mol. The first-order valence-electron chi connectivity index (χ1n) is 10.4. The molecule has 30 heavy (non-hydrogen) atoms. The monoisotopic (exact) mass is 424 g/mol. The van der Waals surface area contributed by atoms with Crippen molar-refractivity contribution in [2.24, 2.45) is 7.05 Å². The van der Waals surface area contributed by atoms with Gasteiger partial charge in [0.25, 0.3) is 0 Å². The van der Waals surface area contributed by atoms with Crippen LogP contribution in [0.4, 0.5) is 5.95 Å². The second-order valence-electron chi connectivity index (χ2n) is 8.36. The van der Waals surface area contributed by atoms with Gasteiger partial charge in [0.05, 0.1) is 11.4 Å². The SMILES string of the molecule is Cc1nn(C)cc1CN1CCC[C@H](c2nc(N(C)C)ncc2-c2cccc(Cl)c2)C1. The predicted octanol–water partition coefficient (Wildman–Crippen LogP) is 4.28. The lowest BCUT2D eigenvalue weighted by atomic mass is 9.89. The lowest BCUT2D eigenvalue weighted by Crippen LogP contribution is -2.34. The molecule has 158 valence electrons. The minimum atomic E-state index is 0.353. The number of piperidine rings is 1. The molecule has 4 rings (SSSR count). The summed E-state index contributed by atoms with van der Waals surface area (Å²) in [4.78, 5) is 14.1. The summed E-state index contributed by atoms with van der Waals surface area (Å²) in [7, 11) is 5.95. The zero-order chi connectivity index (χ0) is 21.3. The van der Waals surface area contributed by atoms with E-state index in [4.69, 9.17) is 16.6 Å².